The molecule has 0 unspecified atom stereocenters. The number of carboxylic acids is 1. The summed E-state index contributed by atoms with van der Waals surface area (Å²) < 4.78 is 27.9. The zero-order chi connectivity index (χ0) is 30.3. The van der Waals surface area contributed by atoms with Crippen LogP contribution in [0.3, 0.4) is 0 Å². The molecule has 1 spiro atoms. The summed E-state index contributed by atoms with van der Waals surface area (Å²) in [6.45, 7) is 5.98. The van der Waals surface area contributed by atoms with Crippen LogP contribution in [0.2, 0.25) is 0 Å². The van der Waals surface area contributed by atoms with Crippen LogP contribution in [0.25, 0.3) is 11.0 Å². The van der Waals surface area contributed by atoms with Crippen LogP contribution in [0.4, 0.5) is 10.2 Å². The Bertz CT molecular complexity index is 1750. The first kappa shape index (κ1) is 28.3. The van der Waals surface area contributed by atoms with E-state index in [0.29, 0.717) is 18.0 Å². The topological polar surface area (TPSA) is 117 Å². The van der Waals surface area contributed by atoms with Crippen LogP contribution < -0.4 is 9.64 Å². The zero-order valence-corrected chi connectivity index (χ0v) is 24.3. The predicted molar refractivity (Wildman–Crippen MR) is 160 cm³/mol. The van der Waals surface area contributed by atoms with Crippen molar-refractivity contribution >= 4 is 22.8 Å². The van der Waals surface area contributed by atoms with Gasteiger partial charge in [0.05, 0.1) is 47.4 Å². The van der Waals surface area contributed by atoms with E-state index >= 15 is 0 Å². The molecule has 0 bridgehead atoms. The predicted octanol–water partition coefficient (Wildman–Crippen LogP) is 4.61. The van der Waals surface area contributed by atoms with Gasteiger partial charge < -0.3 is 24.0 Å². The summed E-state index contributed by atoms with van der Waals surface area (Å²) in [4.78, 5) is 25.9. The third kappa shape index (κ3) is 5.58. The van der Waals surface area contributed by atoms with Crippen molar-refractivity contribution < 1.29 is 23.8 Å². The number of aromatic nitrogens is 3. The molecular weight excluding hydrogens is 563 g/mol. The van der Waals surface area contributed by atoms with Crippen LogP contribution in [-0.4, -0.2) is 69.4 Å². The van der Waals surface area contributed by atoms with Crippen LogP contribution in [0.1, 0.15) is 46.6 Å². The molecule has 0 aliphatic carbocycles. The number of carboxylic acid groups (broad SMARTS) is 1. The molecule has 0 radical (unpaired) electrons. The molecule has 3 saturated heterocycles. The second-order valence-corrected chi connectivity index (χ2v) is 12.1. The maximum absolute atomic E-state index is 14.3. The van der Waals surface area contributed by atoms with Crippen molar-refractivity contribution in [3.8, 4) is 11.9 Å². The van der Waals surface area contributed by atoms with Gasteiger partial charge in [0.15, 0.2) is 0 Å². The first-order valence-electron chi connectivity index (χ1n) is 15.0. The van der Waals surface area contributed by atoms with E-state index in [9.17, 15) is 14.3 Å². The first-order chi connectivity index (χ1) is 21.4. The Morgan fingerprint density at radius 2 is 1.95 bits per heavy atom. The number of nitriles is 1. The average Bonchev–Trinajstić information content (AvgIpc) is 3.33. The van der Waals surface area contributed by atoms with E-state index in [0.717, 1.165) is 81.3 Å². The van der Waals surface area contributed by atoms with Crippen molar-refractivity contribution in [1.82, 2.24) is 19.4 Å². The highest BCUT2D eigenvalue weighted by molar-refractivity contribution is 5.92. The van der Waals surface area contributed by atoms with Gasteiger partial charge in [-0.25, -0.2) is 14.2 Å². The fourth-order valence-corrected chi connectivity index (χ4v) is 6.55. The minimum atomic E-state index is -0.940. The number of nitrogens with zero attached hydrogens (tertiary/aromatic N) is 6. The molecule has 7 rings (SSSR count). The van der Waals surface area contributed by atoms with Gasteiger partial charge in [-0.1, -0.05) is 12.1 Å². The van der Waals surface area contributed by atoms with E-state index in [4.69, 9.17) is 19.7 Å². The second-order valence-electron chi connectivity index (χ2n) is 12.1. The zero-order valence-electron chi connectivity index (χ0n) is 24.3. The number of rotatable bonds is 9. The van der Waals surface area contributed by atoms with Crippen molar-refractivity contribution in [3.05, 3.63) is 82.9 Å². The van der Waals surface area contributed by atoms with Gasteiger partial charge in [-0.15, -0.1) is 0 Å². The summed E-state index contributed by atoms with van der Waals surface area (Å²) in [6.07, 6.45) is 3.25. The normalized spacial score (nSPS) is 19.4. The molecule has 3 aliphatic rings. The number of carbonyl (C=O) groups is 1. The molecule has 11 heteroatoms. The molecule has 1 atom stereocenters. The Hall–Kier alpha value is -4.53. The number of pyridine rings is 1. The number of hydrogen-bond donors (Lipinski definition) is 1. The Kier molecular flexibility index (Phi) is 7.40. The smallest absolute Gasteiger partial charge is 0.335 e. The van der Waals surface area contributed by atoms with E-state index < -0.39 is 11.8 Å². The van der Waals surface area contributed by atoms with E-state index in [1.807, 2.05) is 18.2 Å². The molecule has 44 heavy (non-hydrogen) atoms. The van der Waals surface area contributed by atoms with Crippen molar-refractivity contribution in [2.75, 3.05) is 37.7 Å². The molecule has 5 heterocycles. The second kappa shape index (κ2) is 11.5. The number of likely N-dealkylation sites (tertiary alicyclic amines) is 1. The Morgan fingerprint density at radius 1 is 1.14 bits per heavy atom. The Morgan fingerprint density at radius 3 is 2.66 bits per heavy atom. The van der Waals surface area contributed by atoms with Crippen molar-refractivity contribution in [1.29, 1.82) is 5.26 Å². The monoisotopic (exact) mass is 596 g/mol. The number of fused-ring (bicyclic) bond motifs is 1. The van der Waals surface area contributed by atoms with Gasteiger partial charge in [-0.3, -0.25) is 4.90 Å². The molecule has 2 aromatic heterocycles. The lowest BCUT2D eigenvalue weighted by Crippen LogP contribution is -2.60. The highest BCUT2D eigenvalue weighted by atomic mass is 19.1. The van der Waals surface area contributed by atoms with E-state index in [1.54, 1.807) is 36.4 Å². The van der Waals surface area contributed by atoms with Gasteiger partial charge in [0.25, 0.3) is 0 Å². The highest BCUT2D eigenvalue weighted by Crippen LogP contribution is 2.42. The number of ether oxygens (including phenoxy) is 2. The van der Waals surface area contributed by atoms with E-state index in [1.165, 1.54) is 6.07 Å². The molecule has 3 fully saturated rings. The van der Waals surface area contributed by atoms with Crippen LogP contribution in [0, 0.1) is 22.6 Å². The van der Waals surface area contributed by atoms with Crippen molar-refractivity contribution in [2.45, 2.75) is 45.1 Å². The summed E-state index contributed by atoms with van der Waals surface area (Å²) in [5.41, 5.74) is 2.85. The van der Waals surface area contributed by atoms with E-state index in [-0.39, 0.29) is 29.3 Å². The lowest BCUT2D eigenvalue weighted by atomic mass is 9.72. The number of imidazole rings is 1. The fraction of sp³-hybridized carbons (Fsp3) is 0.394. The highest BCUT2D eigenvalue weighted by Gasteiger charge is 2.45. The van der Waals surface area contributed by atoms with Gasteiger partial charge in [-0.2, -0.15) is 10.2 Å². The summed E-state index contributed by atoms with van der Waals surface area (Å²) in [6, 6.07) is 17.1. The van der Waals surface area contributed by atoms with Gasteiger partial charge in [-0.05, 0) is 61.1 Å². The van der Waals surface area contributed by atoms with E-state index in [2.05, 4.69) is 19.4 Å². The number of anilines is 1. The number of aromatic carboxylic acids is 1. The number of halogens is 1. The third-order valence-electron chi connectivity index (χ3n) is 9.15. The largest absolute Gasteiger partial charge is 0.478 e. The first-order valence-corrected chi connectivity index (χ1v) is 15.0. The molecule has 3 aliphatic heterocycles. The minimum Gasteiger partial charge on any atom is -0.478 e. The van der Waals surface area contributed by atoms with Gasteiger partial charge in [0, 0.05) is 44.4 Å². The standard InChI is InChI=1S/C33H33FN6O4/c34-26-14-22(16-35)4-5-24(26)19-44-31-3-1-2-29(37-31)39-11-9-33(10-12-39)20-38(21-33)18-30-36-27-7-6-23(32(41)42)15-28(27)40(30)17-25-8-13-43-25/h1-7,14-15,25H,8-13,17-21H2,(H,41,42)/t25-/m0/s1. The Labute approximate surface area is 254 Å². The molecule has 4 aromatic rings. The average molecular weight is 597 g/mol. The van der Waals surface area contributed by atoms with Crippen LogP contribution >= 0.6 is 0 Å². The quantitative estimate of drug-likeness (QED) is 0.296. The summed E-state index contributed by atoms with van der Waals surface area (Å²) >= 11 is 0. The lowest BCUT2D eigenvalue weighted by molar-refractivity contribution is -0.0603. The molecule has 1 N–H and O–H groups in total. The summed E-state index contributed by atoms with van der Waals surface area (Å²) in [5, 5.41) is 18.5. The van der Waals surface area contributed by atoms with Gasteiger partial charge in [0.1, 0.15) is 24.1 Å². The summed E-state index contributed by atoms with van der Waals surface area (Å²) in [5.74, 6) is 0.832. The fourth-order valence-electron chi connectivity index (χ4n) is 6.55. The van der Waals surface area contributed by atoms with Gasteiger partial charge in [0.2, 0.25) is 5.88 Å². The van der Waals surface area contributed by atoms with Crippen molar-refractivity contribution in [2.24, 2.45) is 5.41 Å². The minimum absolute atomic E-state index is 0.0368. The number of piperidine rings is 1. The molecule has 10 nitrogen and oxygen atoms in total. The van der Waals surface area contributed by atoms with Crippen LogP contribution in [0.5, 0.6) is 5.88 Å². The maximum Gasteiger partial charge on any atom is 0.335 e. The molecule has 226 valence electrons. The van der Waals surface area contributed by atoms with Crippen molar-refractivity contribution in [3.63, 3.8) is 0 Å². The molecular formula is C33H33FN6O4. The molecule has 0 amide bonds. The maximum atomic E-state index is 14.3. The van der Waals surface area contributed by atoms with Gasteiger partial charge >= 0.3 is 5.97 Å². The molecule has 2 aromatic carbocycles. The lowest BCUT2D eigenvalue weighted by Gasteiger charge is -2.54. The number of benzene rings is 2. The van der Waals surface area contributed by atoms with Crippen LogP contribution in [-0.2, 0) is 24.4 Å². The third-order valence-corrected chi connectivity index (χ3v) is 9.15. The Balaban J connectivity index is 0.960. The SMILES string of the molecule is N#Cc1ccc(COc2cccc(N3CCC4(CC3)CN(Cc3nc5ccc(C(=O)O)cc5n3C[C@@H]3CCO3)C4)n2)c(F)c1. The molecule has 0 saturated carbocycles. The van der Waals surface area contributed by atoms with Crippen LogP contribution in [0.15, 0.2) is 54.6 Å². The number of hydrogen-bond acceptors (Lipinski definition) is 8. The summed E-state index contributed by atoms with van der Waals surface area (Å²) in [7, 11) is 0.